The average Bonchev–Trinajstić information content (AvgIpc) is 2.40. The number of benzene rings is 1. The predicted octanol–water partition coefficient (Wildman–Crippen LogP) is 5.77. The molecule has 0 aliphatic rings. The molecule has 0 fully saturated rings. The summed E-state index contributed by atoms with van der Waals surface area (Å²) in [6.07, 6.45) is 1.74. The van der Waals surface area contributed by atoms with Gasteiger partial charge >= 0.3 is 0 Å². The highest BCUT2D eigenvalue weighted by atomic mass is 35.5. The Labute approximate surface area is 128 Å². The van der Waals surface area contributed by atoms with Crippen molar-refractivity contribution in [3.8, 4) is 17.6 Å². The zero-order valence-electron chi connectivity index (χ0n) is 13.2. The van der Waals surface area contributed by atoms with Crippen molar-refractivity contribution in [1.82, 2.24) is 0 Å². The Morgan fingerprint density at radius 3 is 2.30 bits per heavy atom. The van der Waals surface area contributed by atoms with Gasteiger partial charge in [0.1, 0.15) is 5.75 Å². The molecular formula is C18H25ClO. The van der Waals surface area contributed by atoms with E-state index in [4.69, 9.17) is 16.3 Å². The zero-order valence-corrected chi connectivity index (χ0v) is 14.0. The van der Waals surface area contributed by atoms with E-state index in [-0.39, 0.29) is 0 Å². The molecule has 1 atom stereocenters. The largest absolute Gasteiger partial charge is 0.493 e. The summed E-state index contributed by atoms with van der Waals surface area (Å²) in [5.74, 6) is 8.07. The van der Waals surface area contributed by atoms with E-state index < -0.39 is 0 Å². The maximum atomic E-state index is 6.28. The molecule has 0 aliphatic heterocycles. The second-order valence-corrected chi connectivity index (χ2v) is 5.75. The summed E-state index contributed by atoms with van der Waals surface area (Å²) in [5.41, 5.74) is 2.36. The molecule has 1 nitrogen and oxygen atoms in total. The van der Waals surface area contributed by atoms with E-state index in [1.54, 1.807) is 0 Å². The molecule has 0 saturated heterocycles. The van der Waals surface area contributed by atoms with Gasteiger partial charge in [-0.15, -0.1) is 11.8 Å². The van der Waals surface area contributed by atoms with Gasteiger partial charge in [-0.3, -0.25) is 0 Å². The Kier molecular flexibility index (Phi) is 6.96. The number of hydrogen-bond acceptors (Lipinski definition) is 1. The third-order valence-corrected chi connectivity index (χ3v) is 3.48. The fourth-order valence-corrected chi connectivity index (χ4v) is 2.44. The van der Waals surface area contributed by atoms with E-state index in [0.29, 0.717) is 18.4 Å². The first-order valence-electron chi connectivity index (χ1n) is 7.43. The number of hydrogen-bond donors (Lipinski definition) is 0. The molecule has 2 heteroatoms. The minimum Gasteiger partial charge on any atom is -0.493 e. The van der Waals surface area contributed by atoms with Crippen molar-refractivity contribution in [2.24, 2.45) is 0 Å². The lowest BCUT2D eigenvalue weighted by Crippen LogP contribution is -2.05. The van der Waals surface area contributed by atoms with Crippen LogP contribution in [0, 0.1) is 11.8 Å². The van der Waals surface area contributed by atoms with Crippen molar-refractivity contribution in [3.05, 3.63) is 28.3 Å². The van der Waals surface area contributed by atoms with Gasteiger partial charge in [-0.05, 0) is 42.0 Å². The average molecular weight is 293 g/mol. The molecule has 20 heavy (non-hydrogen) atoms. The second kappa shape index (κ2) is 8.22. The summed E-state index contributed by atoms with van der Waals surface area (Å²) in [4.78, 5) is 0. The van der Waals surface area contributed by atoms with E-state index in [0.717, 1.165) is 23.6 Å². The van der Waals surface area contributed by atoms with Crippen LogP contribution in [0.15, 0.2) is 12.1 Å². The summed E-state index contributed by atoms with van der Waals surface area (Å²) in [6, 6.07) is 4.04. The van der Waals surface area contributed by atoms with Gasteiger partial charge in [0.2, 0.25) is 0 Å². The quantitative estimate of drug-likeness (QED) is 0.626. The monoisotopic (exact) mass is 292 g/mol. The molecule has 1 unspecified atom stereocenters. The molecule has 1 rings (SSSR count). The molecule has 0 bridgehead atoms. The molecule has 0 spiro atoms. The van der Waals surface area contributed by atoms with Crippen molar-refractivity contribution in [3.63, 3.8) is 0 Å². The number of ether oxygens (including phenoxy) is 1. The van der Waals surface area contributed by atoms with Crippen molar-refractivity contribution >= 4 is 11.6 Å². The van der Waals surface area contributed by atoms with E-state index in [1.165, 1.54) is 11.1 Å². The predicted molar refractivity (Wildman–Crippen MR) is 87.8 cm³/mol. The summed E-state index contributed by atoms with van der Waals surface area (Å²) in [6.45, 7) is 11.3. The van der Waals surface area contributed by atoms with Crippen LogP contribution in [0.4, 0.5) is 0 Å². The van der Waals surface area contributed by atoms with Crippen LogP contribution in [-0.4, -0.2) is 6.61 Å². The topological polar surface area (TPSA) is 9.23 Å². The normalized spacial score (nSPS) is 11.9. The van der Waals surface area contributed by atoms with Crippen LogP contribution in [0.5, 0.6) is 5.75 Å². The Morgan fingerprint density at radius 1 is 1.10 bits per heavy atom. The molecule has 0 aliphatic carbocycles. The van der Waals surface area contributed by atoms with Crippen LogP contribution in [0.1, 0.15) is 70.4 Å². The van der Waals surface area contributed by atoms with Crippen molar-refractivity contribution in [2.45, 2.75) is 59.3 Å². The van der Waals surface area contributed by atoms with Gasteiger partial charge < -0.3 is 4.74 Å². The van der Waals surface area contributed by atoms with Crippen LogP contribution in [0.25, 0.3) is 0 Å². The molecular weight excluding hydrogens is 268 g/mol. The lowest BCUT2D eigenvalue weighted by atomic mass is 9.91. The van der Waals surface area contributed by atoms with Gasteiger partial charge in [-0.1, -0.05) is 39.3 Å². The molecule has 0 saturated carbocycles. The van der Waals surface area contributed by atoms with Crippen LogP contribution in [-0.2, 0) is 0 Å². The molecule has 1 aromatic rings. The standard InChI is InChI=1S/C18H25ClO/c1-6-8-9-10-14(5)17-12-15(19)11-16(13(3)4)18(17)20-7-2/h11-14H,6-7,10H2,1-5H3. The highest BCUT2D eigenvalue weighted by molar-refractivity contribution is 6.30. The molecule has 0 aromatic heterocycles. The fourth-order valence-electron chi connectivity index (χ4n) is 2.20. The molecule has 0 amide bonds. The molecule has 110 valence electrons. The van der Waals surface area contributed by atoms with Crippen molar-refractivity contribution < 1.29 is 4.74 Å². The minimum absolute atomic E-state index is 0.326. The van der Waals surface area contributed by atoms with Gasteiger partial charge in [0.15, 0.2) is 0 Å². The molecule has 0 radical (unpaired) electrons. The number of rotatable bonds is 5. The van der Waals surface area contributed by atoms with E-state index in [9.17, 15) is 0 Å². The van der Waals surface area contributed by atoms with Gasteiger partial charge in [0, 0.05) is 17.9 Å². The first-order valence-corrected chi connectivity index (χ1v) is 7.80. The molecule has 0 N–H and O–H groups in total. The van der Waals surface area contributed by atoms with Crippen molar-refractivity contribution in [2.75, 3.05) is 6.61 Å². The molecule has 0 heterocycles. The maximum Gasteiger partial charge on any atom is 0.126 e. The summed E-state index contributed by atoms with van der Waals surface area (Å²) < 4.78 is 5.91. The first-order chi connectivity index (χ1) is 9.51. The zero-order chi connectivity index (χ0) is 15.1. The Morgan fingerprint density at radius 2 is 1.75 bits per heavy atom. The maximum absolute atomic E-state index is 6.28. The summed E-state index contributed by atoms with van der Waals surface area (Å²) in [7, 11) is 0. The smallest absolute Gasteiger partial charge is 0.126 e. The SMILES string of the molecule is CCC#CCC(C)c1cc(Cl)cc(C(C)C)c1OCC. The van der Waals surface area contributed by atoms with Gasteiger partial charge in [0.05, 0.1) is 6.61 Å². The highest BCUT2D eigenvalue weighted by Crippen LogP contribution is 2.38. The Balaban J connectivity index is 3.21. The van der Waals surface area contributed by atoms with E-state index in [2.05, 4.69) is 39.5 Å². The van der Waals surface area contributed by atoms with Crippen molar-refractivity contribution in [1.29, 1.82) is 0 Å². The van der Waals surface area contributed by atoms with Crippen LogP contribution in [0.2, 0.25) is 5.02 Å². The highest BCUT2D eigenvalue weighted by Gasteiger charge is 2.18. The lowest BCUT2D eigenvalue weighted by Gasteiger charge is -2.21. The van der Waals surface area contributed by atoms with Gasteiger partial charge in [-0.2, -0.15) is 0 Å². The van der Waals surface area contributed by atoms with Gasteiger partial charge in [-0.25, -0.2) is 0 Å². The van der Waals surface area contributed by atoms with Crippen LogP contribution >= 0.6 is 11.6 Å². The molecule has 1 aromatic carbocycles. The van der Waals surface area contributed by atoms with Gasteiger partial charge in [0.25, 0.3) is 0 Å². The summed E-state index contributed by atoms with van der Waals surface area (Å²) >= 11 is 6.28. The first kappa shape index (κ1) is 16.9. The fraction of sp³-hybridized carbons (Fsp3) is 0.556. The Bertz CT molecular complexity index is 494. The van der Waals surface area contributed by atoms with Crippen LogP contribution in [0.3, 0.4) is 0 Å². The second-order valence-electron chi connectivity index (χ2n) is 5.31. The lowest BCUT2D eigenvalue weighted by molar-refractivity contribution is 0.329. The number of halogens is 1. The third-order valence-electron chi connectivity index (χ3n) is 3.26. The van der Waals surface area contributed by atoms with E-state index in [1.807, 2.05) is 19.1 Å². The summed E-state index contributed by atoms with van der Waals surface area (Å²) in [5, 5.41) is 0.780. The Hall–Kier alpha value is -1.13. The van der Waals surface area contributed by atoms with Crippen LogP contribution < -0.4 is 4.74 Å². The minimum atomic E-state index is 0.326. The third kappa shape index (κ3) is 4.46. The van der Waals surface area contributed by atoms with E-state index >= 15 is 0 Å².